The predicted molar refractivity (Wildman–Crippen MR) is 66.5 cm³/mol. The molecule has 0 fully saturated rings. The molecule has 2 aromatic rings. The van der Waals surface area contributed by atoms with Crippen molar-refractivity contribution < 1.29 is 9.13 Å². The van der Waals surface area contributed by atoms with Gasteiger partial charge in [0.15, 0.2) is 11.6 Å². The molecule has 4 nitrogen and oxygen atoms in total. The summed E-state index contributed by atoms with van der Waals surface area (Å²) in [5.41, 5.74) is 6.43. The molecule has 0 radical (unpaired) electrons. The average Bonchev–Trinajstić information content (AvgIpc) is 2.73. The van der Waals surface area contributed by atoms with Gasteiger partial charge in [0, 0.05) is 25.5 Å². The maximum absolute atomic E-state index is 13.7. The SMILES string of the molecule is CC(N)c1ccc(OCc2nccn2C)c(F)c1. The first-order valence-electron chi connectivity index (χ1n) is 5.72. The van der Waals surface area contributed by atoms with Gasteiger partial charge in [0.05, 0.1) is 0 Å². The molecule has 0 aliphatic heterocycles. The van der Waals surface area contributed by atoms with Crippen molar-refractivity contribution in [3.8, 4) is 5.75 Å². The minimum absolute atomic E-state index is 0.192. The Labute approximate surface area is 105 Å². The highest BCUT2D eigenvalue weighted by Gasteiger charge is 2.08. The second kappa shape index (κ2) is 5.18. The van der Waals surface area contributed by atoms with Gasteiger partial charge in [-0.3, -0.25) is 0 Å². The van der Waals surface area contributed by atoms with Crippen LogP contribution in [0, 0.1) is 5.82 Å². The number of benzene rings is 1. The zero-order chi connectivity index (χ0) is 13.1. The fourth-order valence-corrected chi connectivity index (χ4v) is 1.60. The summed E-state index contributed by atoms with van der Waals surface area (Å²) in [4.78, 5) is 4.10. The number of ether oxygens (including phenoxy) is 1. The third-order valence-corrected chi connectivity index (χ3v) is 2.76. The molecule has 1 heterocycles. The van der Waals surface area contributed by atoms with Crippen LogP contribution in [0.2, 0.25) is 0 Å². The van der Waals surface area contributed by atoms with Gasteiger partial charge in [0.1, 0.15) is 12.4 Å². The van der Waals surface area contributed by atoms with Crippen molar-refractivity contribution in [2.24, 2.45) is 12.8 Å². The molecule has 0 saturated heterocycles. The van der Waals surface area contributed by atoms with E-state index >= 15 is 0 Å². The zero-order valence-electron chi connectivity index (χ0n) is 10.4. The molecule has 1 aromatic carbocycles. The van der Waals surface area contributed by atoms with Gasteiger partial charge < -0.3 is 15.0 Å². The second-order valence-corrected chi connectivity index (χ2v) is 4.22. The fraction of sp³-hybridized carbons (Fsp3) is 0.308. The normalized spacial score (nSPS) is 12.4. The van der Waals surface area contributed by atoms with Crippen molar-refractivity contribution in [3.63, 3.8) is 0 Å². The molecule has 2 rings (SSSR count). The van der Waals surface area contributed by atoms with Crippen molar-refractivity contribution in [2.45, 2.75) is 19.6 Å². The van der Waals surface area contributed by atoms with E-state index in [1.807, 2.05) is 24.7 Å². The van der Waals surface area contributed by atoms with E-state index in [0.29, 0.717) is 0 Å². The lowest BCUT2D eigenvalue weighted by Gasteiger charge is -2.10. The van der Waals surface area contributed by atoms with E-state index in [2.05, 4.69) is 4.98 Å². The van der Waals surface area contributed by atoms with E-state index in [1.165, 1.54) is 6.07 Å². The first-order valence-corrected chi connectivity index (χ1v) is 5.72. The summed E-state index contributed by atoms with van der Waals surface area (Å²) in [5.74, 6) is 0.548. The average molecular weight is 249 g/mol. The molecule has 0 spiro atoms. The van der Waals surface area contributed by atoms with Crippen LogP contribution in [0.15, 0.2) is 30.6 Å². The number of rotatable bonds is 4. The minimum atomic E-state index is -0.404. The standard InChI is InChI=1S/C13H16FN3O/c1-9(15)10-3-4-12(11(14)7-10)18-8-13-16-5-6-17(13)2/h3-7,9H,8,15H2,1-2H3. The number of hydrogen-bond donors (Lipinski definition) is 1. The predicted octanol–water partition coefficient (Wildman–Crippen LogP) is 2.16. The lowest BCUT2D eigenvalue weighted by molar-refractivity contribution is 0.277. The molecule has 1 aromatic heterocycles. The Hall–Kier alpha value is -1.88. The topological polar surface area (TPSA) is 53.1 Å². The molecule has 96 valence electrons. The minimum Gasteiger partial charge on any atom is -0.483 e. The third-order valence-electron chi connectivity index (χ3n) is 2.76. The summed E-state index contributed by atoms with van der Waals surface area (Å²) in [5, 5.41) is 0. The maximum Gasteiger partial charge on any atom is 0.165 e. The van der Waals surface area contributed by atoms with E-state index in [9.17, 15) is 4.39 Å². The van der Waals surface area contributed by atoms with Crippen LogP contribution in [0.1, 0.15) is 24.4 Å². The summed E-state index contributed by atoms with van der Waals surface area (Å²) in [6, 6.07) is 4.57. The molecule has 1 atom stereocenters. The van der Waals surface area contributed by atoms with Crippen LogP contribution >= 0.6 is 0 Å². The van der Waals surface area contributed by atoms with Crippen LogP contribution < -0.4 is 10.5 Å². The van der Waals surface area contributed by atoms with E-state index in [1.54, 1.807) is 18.3 Å². The number of aryl methyl sites for hydroxylation is 1. The highest BCUT2D eigenvalue weighted by Crippen LogP contribution is 2.21. The number of hydrogen-bond acceptors (Lipinski definition) is 3. The lowest BCUT2D eigenvalue weighted by Crippen LogP contribution is -2.07. The molecule has 18 heavy (non-hydrogen) atoms. The van der Waals surface area contributed by atoms with Crippen LogP contribution in [0.25, 0.3) is 0 Å². The van der Waals surface area contributed by atoms with Crippen molar-refractivity contribution in [1.29, 1.82) is 0 Å². The monoisotopic (exact) mass is 249 g/mol. The van der Waals surface area contributed by atoms with E-state index in [0.717, 1.165) is 11.4 Å². The van der Waals surface area contributed by atoms with Gasteiger partial charge in [-0.25, -0.2) is 9.37 Å². The molecular weight excluding hydrogens is 233 g/mol. The fourth-order valence-electron chi connectivity index (χ4n) is 1.60. The van der Waals surface area contributed by atoms with Gasteiger partial charge in [0.25, 0.3) is 0 Å². The first kappa shape index (κ1) is 12.6. The second-order valence-electron chi connectivity index (χ2n) is 4.22. The molecule has 0 aliphatic carbocycles. The van der Waals surface area contributed by atoms with Crippen LogP contribution in [0.5, 0.6) is 5.75 Å². The van der Waals surface area contributed by atoms with E-state index < -0.39 is 5.82 Å². The molecule has 5 heteroatoms. The van der Waals surface area contributed by atoms with Gasteiger partial charge in [0.2, 0.25) is 0 Å². The largest absolute Gasteiger partial charge is 0.483 e. The van der Waals surface area contributed by atoms with Crippen molar-refractivity contribution >= 4 is 0 Å². The molecule has 0 amide bonds. The van der Waals surface area contributed by atoms with E-state index in [4.69, 9.17) is 10.5 Å². The highest BCUT2D eigenvalue weighted by molar-refractivity contribution is 5.30. The Morgan fingerprint density at radius 2 is 2.28 bits per heavy atom. The summed E-state index contributed by atoms with van der Waals surface area (Å²) < 4.78 is 21.0. The van der Waals surface area contributed by atoms with Gasteiger partial charge >= 0.3 is 0 Å². The zero-order valence-corrected chi connectivity index (χ0v) is 10.4. The van der Waals surface area contributed by atoms with E-state index in [-0.39, 0.29) is 18.4 Å². The van der Waals surface area contributed by atoms with Crippen molar-refractivity contribution in [1.82, 2.24) is 9.55 Å². The Morgan fingerprint density at radius 1 is 1.50 bits per heavy atom. The number of nitrogens with two attached hydrogens (primary N) is 1. The van der Waals surface area contributed by atoms with Crippen LogP contribution in [-0.4, -0.2) is 9.55 Å². The molecule has 1 unspecified atom stereocenters. The number of aromatic nitrogens is 2. The summed E-state index contributed by atoms with van der Waals surface area (Å²) in [7, 11) is 1.86. The van der Waals surface area contributed by atoms with Crippen molar-refractivity contribution in [3.05, 3.63) is 47.8 Å². The number of halogens is 1. The Morgan fingerprint density at radius 3 is 2.83 bits per heavy atom. The van der Waals surface area contributed by atoms with Gasteiger partial charge in [-0.15, -0.1) is 0 Å². The Balaban J connectivity index is 2.08. The Bertz CT molecular complexity index is 537. The summed E-state index contributed by atoms with van der Waals surface area (Å²) >= 11 is 0. The number of imidazole rings is 1. The molecule has 0 bridgehead atoms. The van der Waals surface area contributed by atoms with Gasteiger partial charge in [-0.2, -0.15) is 0 Å². The third kappa shape index (κ3) is 2.68. The van der Waals surface area contributed by atoms with Crippen LogP contribution in [0.4, 0.5) is 4.39 Å². The van der Waals surface area contributed by atoms with Gasteiger partial charge in [-0.1, -0.05) is 6.07 Å². The molecule has 2 N–H and O–H groups in total. The van der Waals surface area contributed by atoms with Crippen LogP contribution in [0.3, 0.4) is 0 Å². The number of nitrogens with zero attached hydrogens (tertiary/aromatic N) is 2. The molecule has 0 aliphatic rings. The quantitative estimate of drug-likeness (QED) is 0.903. The molecule has 0 saturated carbocycles. The smallest absolute Gasteiger partial charge is 0.165 e. The highest BCUT2D eigenvalue weighted by atomic mass is 19.1. The Kier molecular flexibility index (Phi) is 3.62. The lowest BCUT2D eigenvalue weighted by atomic mass is 10.1. The van der Waals surface area contributed by atoms with Gasteiger partial charge in [-0.05, 0) is 24.6 Å². The first-order chi connectivity index (χ1) is 8.58. The maximum atomic E-state index is 13.7. The van der Waals surface area contributed by atoms with Crippen molar-refractivity contribution in [2.75, 3.05) is 0 Å². The molecular formula is C13H16FN3O. The van der Waals surface area contributed by atoms with Crippen LogP contribution in [-0.2, 0) is 13.7 Å². The summed E-state index contributed by atoms with van der Waals surface area (Å²) in [6.45, 7) is 2.04. The summed E-state index contributed by atoms with van der Waals surface area (Å²) in [6.07, 6.45) is 3.49.